The van der Waals surface area contributed by atoms with E-state index in [9.17, 15) is 19.5 Å². The largest absolute Gasteiger partial charge is 0.478 e. The van der Waals surface area contributed by atoms with Gasteiger partial charge in [-0.15, -0.1) is 10.2 Å². The van der Waals surface area contributed by atoms with Crippen molar-refractivity contribution in [3.63, 3.8) is 0 Å². The second-order valence-electron chi connectivity index (χ2n) is 5.59. The van der Waals surface area contributed by atoms with Crippen molar-refractivity contribution in [3.05, 3.63) is 71.0 Å². The van der Waals surface area contributed by atoms with E-state index in [-0.39, 0.29) is 12.1 Å². The Morgan fingerprint density at radius 1 is 0.778 bits per heavy atom. The molecule has 9 nitrogen and oxygen atoms in total. The van der Waals surface area contributed by atoms with Crippen LogP contribution in [-0.4, -0.2) is 48.2 Å². The number of carbonyl (C=O) groups is 3. The molecule has 136 valence electrons. The summed E-state index contributed by atoms with van der Waals surface area (Å²) in [6.07, 6.45) is 0. The lowest BCUT2D eigenvalue weighted by atomic mass is 9.99. The van der Waals surface area contributed by atoms with Crippen molar-refractivity contribution in [2.45, 2.75) is 6.54 Å². The Bertz CT molecular complexity index is 1010. The van der Waals surface area contributed by atoms with Gasteiger partial charge in [0.2, 0.25) is 11.4 Å². The molecule has 0 unspecified atom stereocenters. The number of carboxylic acid groups (broad SMARTS) is 3. The number of benzene rings is 2. The van der Waals surface area contributed by atoms with E-state index in [2.05, 4.69) is 10.2 Å². The number of nitrogens with zero attached hydrogens (tertiary/aromatic N) is 3. The Kier molecular flexibility index (Phi) is 4.67. The monoisotopic (exact) mass is 367 g/mol. The van der Waals surface area contributed by atoms with E-state index in [4.69, 9.17) is 10.2 Å². The van der Waals surface area contributed by atoms with Gasteiger partial charge in [0.15, 0.2) is 0 Å². The van der Waals surface area contributed by atoms with Gasteiger partial charge in [-0.2, -0.15) is 4.80 Å². The molecule has 0 aliphatic carbocycles. The van der Waals surface area contributed by atoms with Gasteiger partial charge >= 0.3 is 17.9 Å². The first kappa shape index (κ1) is 17.8. The average Bonchev–Trinajstić information content (AvgIpc) is 3.07. The molecule has 0 saturated heterocycles. The van der Waals surface area contributed by atoms with Gasteiger partial charge in [0, 0.05) is 0 Å². The van der Waals surface area contributed by atoms with Gasteiger partial charge < -0.3 is 15.3 Å². The van der Waals surface area contributed by atoms with Crippen LogP contribution >= 0.6 is 0 Å². The molecule has 0 bridgehead atoms. The lowest BCUT2D eigenvalue weighted by Gasteiger charge is -2.07. The molecule has 0 aliphatic heterocycles. The molecule has 0 radical (unpaired) electrons. The van der Waals surface area contributed by atoms with Crippen LogP contribution in [0.4, 0.5) is 0 Å². The van der Waals surface area contributed by atoms with Crippen LogP contribution in [-0.2, 0) is 6.54 Å². The Morgan fingerprint density at radius 3 is 1.85 bits per heavy atom. The first-order valence-electron chi connectivity index (χ1n) is 7.70. The molecule has 0 fully saturated rings. The molecule has 9 heteroatoms. The zero-order valence-electron chi connectivity index (χ0n) is 13.7. The third-order valence-corrected chi connectivity index (χ3v) is 3.81. The summed E-state index contributed by atoms with van der Waals surface area (Å²) in [7, 11) is 0. The fraction of sp³-hybridized carbons (Fsp3) is 0.0556. The van der Waals surface area contributed by atoms with E-state index in [1.807, 2.05) is 0 Å². The summed E-state index contributed by atoms with van der Waals surface area (Å²) in [6, 6.07) is 13.4. The van der Waals surface area contributed by atoms with Gasteiger partial charge in [-0.05, 0) is 22.8 Å². The Balaban J connectivity index is 1.87. The highest BCUT2D eigenvalue weighted by Gasteiger charge is 2.23. The van der Waals surface area contributed by atoms with E-state index < -0.39 is 29.3 Å². The zero-order valence-corrected chi connectivity index (χ0v) is 13.7. The minimum atomic E-state index is -1.47. The molecule has 0 saturated carbocycles. The fourth-order valence-corrected chi connectivity index (χ4v) is 2.58. The van der Waals surface area contributed by atoms with Crippen molar-refractivity contribution in [1.82, 2.24) is 15.0 Å². The van der Waals surface area contributed by atoms with Crippen molar-refractivity contribution in [2.24, 2.45) is 0 Å². The van der Waals surface area contributed by atoms with Crippen molar-refractivity contribution >= 4 is 17.9 Å². The summed E-state index contributed by atoms with van der Waals surface area (Å²) in [5.41, 5.74) is 0.869. The van der Waals surface area contributed by atoms with E-state index in [1.54, 1.807) is 42.5 Å². The molecule has 27 heavy (non-hydrogen) atoms. The second-order valence-corrected chi connectivity index (χ2v) is 5.59. The molecule has 3 N–H and O–H groups in total. The van der Waals surface area contributed by atoms with Crippen molar-refractivity contribution in [1.29, 1.82) is 0 Å². The molecule has 0 amide bonds. The maximum atomic E-state index is 11.3. The summed E-state index contributed by atoms with van der Waals surface area (Å²) in [6.45, 7) is 0.0639. The van der Waals surface area contributed by atoms with Crippen molar-refractivity contribution < 1.29 is 29.7 Å². The molecular weight excluding hydrogens is 354 g/mol. The SMILES string of the molecule is O=C(O)c1ccccc1-c1ccc(Cn2nc(C(=O)O)c(C(=O)O)n2)cc1. The summed E-state index contributed by atoms with van der Waals surface area (Å²) in [4.78, 5) is 34.4. The normalized spacial score (nSPS) is 10.5. The average molecular weight is 367 g/mol. The summed E-state index contributed by atoms with van der Waals surface area (Å²) >= 11 is 0. The number of hydrogen-bond donors (Lipinski definition) is 3. The quantitative estimate of drug-likeness (QED) is 0.601. The molecule has 3 aromatic rings. The third-order valence-electron chi connectivity index (χ3n) is 3.81. The van der Waals surface area contributed by atoms with Gasteiger partial charge in [0.05, 0.1) is 12.1 Å². The van der Waals surface area contributed by atoms with Gasteiger partial charge in [0.1, 0.15) is 0 Å². The topological polar surface area (TPSA) is 143 Å². The van der Waals surface area contributed by atoms with E-state index in [0.29, 0.717) is 16.7 Å². The Morgan fingerprint density at radius 2 is 1.33 bits per heavy atom. The number of aromatic nitrogens is 3. The molecule has 2 aromatic carbocycles. The van der Waals surface area contributed by atoms with Crippen molar-refractivity contribution in [2.75, 3.05) is 0 Å². The van der Waals surface area contributed by atoms with E-state index >= 15 is 0 Å². The van der Waals surface area contributed by atoms with Gasteiger partial charge in [-0.1, -0.05) is 42.5 Å². The molecule has 0 spiro atoms. The Labute approximate surface area is 152 Å². The predicted octanol–water partition coefficient (Wildman–Crippen LogP) is 2.09. The molecule has 1 heterocycles. The van der Waals surface area contributed by atoms with Gasteiger partial charge in [-0.25, -0.2) is 14.4 Å². The standard InChI is InChI=1S/C18H13N3O6/c22-16(23)13-4-2-1-3-12(13)11-7-5-10(6-8-11)9-21-19-14(17(24)25)15(20-21)18(26)27/h1-8H,9H2,(H,22,23)(H,24,25)(H,26,27). The highest BCUT2D eigenvalue weighted by atomic mass is 16.4. The lowest BCUT2D eigenvalue weighted by molar-refractivity contribution is 0.0644. The smallest absolute Gasteiger partial charge is 0.359 e. The molecular formula is C18H13N3O6. The predicted molar refractivity (Wildman–Crippen MR) is 91.9 cm³/mol. The first-order chi connectivity index (χ1) is 12.9. The Hall–Kier alpha value is -4.01. The summed E-state index contributed by atoms with van der Waals surface area (Å²) in [5.74, 6) is -3.98. The number of hydrogen-bond acceptors (Lipinski definition) is 5. The van der Waals surface area contributed by atoms with Gasteiger partial charge in [0.25, 0.3) is 0 Å². The number of aromatic carboxylic acids is 3. The van der Waals surface area contributed by atoms with E-state index in [0.717, 1.165) is 4.80 Å². The maximum Gasteiger partial charge on any atom is 0.359 e. The van der Waals surface area contributed by atoms with Crippen LogP contribution in [0, 0.1) is 0 Å². The second kappa shape index (κ2) is 7.08. The molecule has 0 aliphatic rings. The molecule has 0 atom stereocenters. The van der Waals surface area contributed by atoms with Crippen LogP contribution in [0.25, 0.3) is 11.1 Å². The molecule has 1 aromatic heterocycles. The minimum Gasteiger partial charge on any atom is -0.478 e. The highest BCUT2D eigenvalue weighted by Crippen LogP contribution is 2.24. The lowest BCUT2D eigenvalue weighted by Crippen LogP contribution is -2.07. The maximum absolute atomic E-state index is 11.3. The summed E-state index contributed by atoms with van der Waals surface area (Å²) in [5, 5.41) is 34.7. The van der Waals surface area contributed by atoms with Crippen LogP contribution in [0.1, 0.15) is 36.9 Å². The third kappa shape index (κ3) is 3.66. The van der Waals surface area contributed by atoms with Gasteiger partial charge in [-0.3, -0.25) is 0 Å². The summed E-state index contributed by atoms with van der Waals surface area (Å²) < 4.78 is 0. The zero-order chi connectivity index (χ0) is 19.6. The van der Waals surface area contributed by atoms with E-state index in [1.165, 1.54) is 6.07 Å². The number of carboxylic acids is 3. The highest BCUT2D eigenvalue weighted by molar-refractivity contribution is 5.98. The minimum absolute atomic E-state index is 0.0639. The van der Waals surface area contributed by atoms with Crippen LogP contribution in [0.2, 0.25) is 0 Å². The first-order valence-corrected chi connectivity index (χ1v) is 7.70. The van der Waals surface area contributed by atoms with Crippen LogP contribution < -0.4 is 0 Å². The fourth-order valence-electron chi connectivity index (χ4n) is 2.58. The van der Waals surface area contributed by atoms with Crippen molar-refractivity contribution in [3.8, 4) is 11.1 Å². The molecule has 3 rings (SSSR count). The van der Waals surface area contributed by atoms with Crippen LogP contribution in [0.15, 0.2) is 48.5 Å². The van der Waals surface area contributed by atoms with Crippen LogP contribution in [0.3, 0.4) is 0 Å². The van der Waals surface area contributed by atoms with Crippen LogP contribution in [0.5, 0.6) is 0 Å². The number of rotatable bonds is 6.